The first-order chi connectivity index (χ1) is 11.2. The van der Waals surface area contributed by atoms with Crippen LogP contribution in [0.1, 0.15) is 56.9 Å². The SMILES string of the molecule is CCOc1ccc(C2CCC(CCC=CCF)CC2)c(F)c1F. The highest BCUT2D eigenvalue weighted by molar-refractivity contribution is 5.33. The van der Waals surface area contributed by atoms with E-state index < -0.39 is 18.3 Å². The molecule has 0 heterocycles. The van der Waals surface area contributed by atoms with Gasteiger partial charge >= 0.3 is 0 Å². The minimum atomic E-state index is -0.872. The molecule has 1 aliphatic carbocycles. The third-order valence-electron chi connectivity index (χ3n) is 4.66. The van der Waals surface area contributed by atoms with Crippen LogP contribution in [-0.2, 0) is 0 Å². The number of alkyl halides is 1. The minimum absolute atomic E-state index is 0.0120. The summed E-state index contributed by atoms with van der Waals surface area (Å²) in [6.45, 7) is 1.66. The zero-order chi connectivity index (χ0) is 16.7. The molecular weight excluding hydrogens is 301 g/mol. The number of halogens is 3. The van der Waals surface area contributed by atoms with Gasteiger partial charge in [-0.1, -0.05) is 18.2 Å². The fraction of sp³-hybridized carbons (Fsp3) is 0.579. The molecule has 0 aliphatic heterocycles. The summed E-state index contributed by atoms with van der Waals surface area (Å²) in [6, 6.07) is 3.20. The Kier molecular flexibility index (Phi) is 7.00. The molecule has 2 rings (SSSR count). The van der Waals surface area contributed by atoms with Crippen molar-refractivity contribution < 1.29 is 17.9 Å². The van der Waals surface area contributed by atoms with Gasteiger partial charge in [-0.2, -0.15) is 4.39 Å². The van der Waals surface area contributed by atoms with Gasteiger partial charge in [0, 0.05) is 0 Å². The fourth-order valence-electron chi connectivity index (χ4n) is 3.40. The van der Waals surface area contributed by atoms with Crippen molar-refractivity contribution in [2.75, 3.05) is 13.3 Å². The van der Waals surface area contributed by atoms with Gasteiger partial charge < -0.3 is 4.74 Å². The summed E-state index contributed by atoms with van der Waals surface area (Å²) in [4.78, 5) is 0. The van der Waals surface area contributed by atoms with Crippen molar-refractivity contribution in [3.63, 3.8) is 0 Å². The fourth-order valence-corrected chi connectivity index (χ4v) is 3.40. The topological polar surface area (TPSA) is 9.23 Å². The number of benzene rings is 1. The summed E-state index contributed by atoms with van der Waals surface area (Å²) in [5, 5.41) is 0. The molecule has 0 bridgehead atoms. The molecular formula is C19H25F3O. The molecule has 23 heavy (non-hydrogen) atoms. The standard InChI is InChI=1S/C19H25F3O/c1-2-23-17-12-11-16(18(21)19(17)22)15-9-7-14(8-10-15)6-4-3-5-13-20/h3,5,11-12,14-15H,2,4,6-10,13H2,1H3. The molecule has 0 amide bonds. The smallest absolute Gasteiger partial charge is 0.200 e. The highest BCUT2D eigenvalue weighted by atomic mass is 19.2. The Hall–Kier alpha value is -1.45. The maximum atomic E-state index is 14.3. The average Bonchev–Trinajstić information content (AvgIpc) is 2.57. The maximum Gasteiger partial charge on any atom is 0.200 e. The molecule has 0 N–H and O–H groups in total. The van der Waals surface area contributed by atoms with Crippen LogP contribution >= 0.6 is 0 Å². The van der Waals surface area contributed by atoms with Crippen molar-refractivity contribution in [3.8, 4) is 5.75 Å². The second-order valence-corrected chi connectivity index (χ2v) is 6.13. The Morgan fingerprint density at radius 1 is 1.09 bits per heavy atom. The van der Waals surface area contributed by atoms with Crippen molar-refractivity contribution in [1.82, 2.24) is 0 Å². The number of rotatable bonds is 7. The van der Waals surface area contributed by atoms with Crippen LogP contribution in [0.2, 0.25) is 0 Å². The third kappa shape index (κ3) is 4.76. The van der Waals surface area contributed by atoms with E-state index in [0.29, 0.717) is 18.1 Å². The van der Waals surface area contributed by atoms with Crippen LogP contribution < -0.4 is 4.74 Å². The summed E-state index contributed by atoms with van der Waals surface area (Å²) in [5.74, 6) is -0.959. The van der Waals surface area contributed by atoms with E-state index in [1.54, 1.807) is 19.1 Å². The molecule has 1 aliphatic rings. The second kappa shape index (κ2) is 8.99. The van der Waals surface area contributed by atoms with E-state index in [1.165, 1.54) is 6.07 Å². The van der Waals surface area contributed by atoms with Gasteiger partial charge in [0.2, 0.25) is 5.82 Å². The van der Waals surface area contributed by atoms with E-state index >= 15 is 0 Å². The molecule has 4 heteroatoms. The van der Waals surface area contributed by atoms with Crippen molar-refractivity contribution in [3.05, 3.63) is 41.5 Å². The summed E-state index contributed by atoms with van der Waals surface area (Å²) in [7, 11) is 0. The molecule has 128 valence electrons. The quantitative estimate of drug-likeness (QED) is 0.563. The Labute approximate surface area is 136 Å². The number of hydrogen-bond donors (Lipinski definition) is 0. The molecule has 1 nitrogen and oxygen atoms in total. The van der Waals surface area contributed by atoms with Crippen LogP contribution in [0.25, 0.3) is 0 Å². The molecule has 1 aromatic carbocycles. The Balaban J connectivity index is 1.92. The van der Waals surface area contributed by atoms with Gasteiger partial charge in [0.15, 0.2) is 11.6 Å². The van der Waals surface area contributed by atoms with Crippen molar-refractivity contribution in [2.24, 2.45) is 5.92 Å². The maximum absolute atomic E-state index is 14.3. The number of ether oxygens (including phenoxy) is 1. The van der Waals surface area contributed by atoms with Gasteiger partial charge in [0.25, 0.3) is 0 Å². The summed E-state index contributed by atoms with van der Waals surface area (Å²) in [5.41, 5.74) is 0.474. The third-order valence-corrected chi connectivity index (χ3v) is 4.66. The predicted octanol–water partition coefficient (Wildman–Crippen LogP) is 5.94. The Morgan fingerprint density at radius 3 is 2.48 bits per heavy atom. The van der Waals surface area contributed by atoms with Gasteiger partial charge in [-0.25, -0.2) is 8.78 Å². The van der Waals surface area contributed by atoms with Crippen LogP contribution in [0.3, 0.4) is 0 Å². The van der Waals surface area contributed by atoms with E-state index in [2.05, 4.69) is 0 Å². The average molecular weight is 326 g/mol. The molecule has 1 saturated carbocycles. The number of allylic oxidation sites excluding steroid dienone is 2. The molecule has 0 atom stereocenters. The zero-order valence-corrected chi connectivity index (χ0v) is 13.7. The normalized spacial score (nSPS) is 21.7. The first-order valence-corrected chi connectivity index (χ1v) is 8.49. The minimum Gasteiger partial charge on any atom is -0.491 e. The van der Waals surface area contributed by atoms with Crippen LogP contribution in [0, 0.1) is 17.6 Å². The summed E-state index contributed by atoms with van der Waals surface area (Å²) in [6.07, 6.45) is 9.15. The molecule has 0 aromatic heterocycles. The molecule has 0 saturated heterocycles. The summed E-state index contributed by atoms with van der Waals surface area (Å²) >= 11 is 0. The molecule has 0 unspecified atom stereocenters. The van der Waals surface area contributed by atoms with Crippen molar-refractivity contribution in [1.29, 1.82) is 0 Å². The van der Waals surface area contributed by atoms with Crippen LogP contribution in [-0.4, -0.2) is 13.3 Å². The molecule has 1 fully saturated rings. The molecule has 0 radical (unpaired) electrons. The zero-order valence-electron chi connectivity index (χ0n) is 13.7. The van der Waals surface area contributed by atoms with Crippen molar-refractivity contribution in [2.45, 2.75) is 51.4 Å². The van der Waals surface area contributed by atoms with Crippen LogP contribution in [0.15, 0.2) is 24.3 Å². The van der Waals surface area contributed by atoms with E-state index in [0.717, 1.165) is 38.5 Å². The van der Waals surface area contributed by atoms with Crippen molar-refractivity contribution >= 4 is 0 Å². The van der Waals surface area contributed by atoms with E-state index in [9.17, 15) is 13.2 Å². The van der Waals surface area contributed by atoms with Gasteiger partial charge in [0.05, 0.1) is 6.61 Å². The largest absolute Gasteiger partial charge is 0.491 e. The highest BCUT2D eigenvalue weighted by Crippen LogP contribution is 2.39. The summed E-state index contributed by atoms with van der Waals surface area (Å²) < 4.78 is 45.3. The molecule has 1 aromatic rings. The highest BCUT2D eigenvalue weighted by Gasteiger charge is 2.26. The first-order valence-electron chi connectivity index (χ1n) is 8.49. The van der Waals surface area contributed by atoms with E-state index in [4.69, 9.17) is 4.74 Å². The lowest BCUT2D eigenvalue weighted by Gasteiger charge is -2.29. The predicted molar refractivity (Wildman–Crippen MR) is 86.6 cm³/mol. The lowest BCUT2D eigenvalue weighted by molar-refractivity contribution is 0.297. The second-order valence-electron chi connectivity index (χ2n) is 6.13. The monoisotopic (exact) mass is 326 g/mol. The number of hydrogen-bond acceptors (Lipinski definition) is 1. The van der Waals surface area contributed by atoms with Gasteiger partial charge in [-0.15, -0.1) is 0 Å². The van der Waals surface area contributed by atoms with Gasteiger partial charge in [-0.05, 0) is 68.9 Å². The lowest BCUT2D eigenvalue weighted by atomic mass is 9.77. The van der Waals surface area contributed by atoms with Gasteiger partial charge in [-0.3, -0.25) is 0 Å². The first kappa shape index (κ1) is 17.9. The lowest BCUT2D eigenvalue weighted by Crippen LogP contribution is -2.15. The van der Waals surface area contributed by atoms with Crippen LogP contribution in [0.5, 0.6) is 5.75 Å². The van der Waals surface area contributed by atoms with E-state index in [-0.39, 0.29) is 11.7 Å². The molecule has 0 spiro atoms. The van der Waals surface area contributed by atoms with Crippen LogP contribution in [0.4, 0.5) is 13.2 Å². The van der Waals surface area contributed by atoms with Gasteiger partial charge in [0.1, 0.15) is 6.67 Å². The van der Waals surface area contributed by atoms with E-state index in [1.807, 2.05) is 6.08 Å². The Morgan fingerprint density at radius 2 is 1.83 bits per heavy atom. The Bertz CT molecular complexity index is 520.